The van der Waals surface area contributed by atoms with Crippen molar-refractivity contribution in [1.82, 2.24) is 5.32 Å². The molecule has 98 valence electrons. The fourth-order valence-electron chi connectivity index (χ4n) is 1.24. The molecule has 0 aromatic rings. The molecule has 0 heterocycles. The Bertz CT molecular complexity index is 273. The van der Waals surface area contributed by atoms with Crippen molar-refractivity contribution in [3.05, 3.63) is 0 Å². The molecule has 0 radical (unpaired) electrons. The lowest BCUT2D eigenvalue weighted by Gasteiger charge is -2.22. The molecular formula is C11H25NO3S. The van der Waals surface area contributed by atoms with Gasteiger partial charge in [-0.1, -0.05) is 12.8 Å². The summed E-state index contributed by atoms with van der Waals surface area (Å²) in [7, 11) is -3.00. The number of unbranched alkanes of at least 4 members (excludes halogenated alkanes) is 3. The average Bonchev–Trinajstić information content (AvgIpc) is 2.14. The summed E-state index contributed by atoms with van der Waals surface area (Å²) in [6.07, 6.45) is 5.27. The van der Waals surface area contributed by atoms with Gasteiger partial charge in [-0.05, 0) is 33.2 Å². The molecule has 0 amide bonds. The van der Waals surface area contributed by atoms with Crippen LogP contribution in [0.25, 0.3) is 0 Å². The molecule has 0 saturated heterocycles. The second-order valence-corrected chi connectivity index (χ2v) is 7.50. The largest absolute Gasteiger partial charge is 0.396 e. The van der Waals surface area contributed by atoms with Gasteiger partial charge in [-0.15, -0.1) is 0 Å². The Kier molecular flexibility index (Phi) is 7.19. The van der Waals surface area contributed by atoms with E-state index in [1.165, 1.54) is 6.26 Å². The second kappa shape index (κ2) is 7.25. The molecule has 0 rings (SSSR count). The van der Waals surface area contributed by atoms with Gasteiger partial charge in [0.15, 0.2) is 9.84 Å². The van der Waals surface area contributed by atoms with Crippen LogP contribution in [0, 0.1) is 0 Å². The minimum atomic E-state index is -3.00. The van der Waals surface area contributed by atoms with E-state index in [0.717, 1.165) is 32.2 Å². The highest BCUT2D eigenvalue weighted by molar-refractivity contribution is 7.92. The summed E-state index contributed by atoms with van der Waals surface area (Å²) in [5.41, 5.74) is 0. The summed E-state index contributed by atoms with van der Waals surface area (Å²) < 4.78 is 22.1. The lowest BCUT2D eigenvalue weighted by molar-refractivity contribution is 0.282. The maximum atomic E-state index is 11.4. The van der Waals surface area contributed by atoms with Gasteiger partial charge in [0.1, 0.15) is 0 Å². The molecule has 0 saturated carbocycles. The number of aliphatic hydroxyl groups excluding tert-OH is 1. The van der Waals surface area contributed by atoms with Crippen LogP contribution in [0.5, 0.6) is 0 Å². The summed E-state index contributed by atoms with van der Waals surface area (Å²) in [6.45, 7) is 5.06. The number of aliphatic hydroxyl groups is 1. The summed E-state index contributed by atoms with van der Waals surface area (Å²) in [5.74, 6) is 0. The molecule has 0 aromatic carbocycles. The molecule has 0 aromatic heterocycles. The zero-order valence-electron chi connectivity index (χ0n) is 10.6. The molecule has 0 unspecified atom stereocenters. The van der Waals surface area contributed by atoms with Crippen molar-refractivity contribution in [2.75, 3.05) is 26.0 Å². The van der Waals surface area contributed by atoms with Crippen LogP contribution in [-0.4, -0.2) is 44.2 Å². The van der Waals surface area contributed by atoms with Crippen LogP contribution in [0.2, 0.25) is 0 Å². The van der Waals surface area contributed by atoms with Crippen LogP contribution >= 0.6 is 0 Å². The van der Waals surface area contributed by atoms with Crippen molar-refractivity contribution >= 4 is 9.84 Å². The topological polar surface area (TPSA) is 66.4 Å². The van der Waals surface area contributed by atoms with E-state index < -0.39 is 14.6 Å². The standard InChI is InChI=1S/C11H25NO3S/c1-11(2,16(3,14)15)10-12-8-6-4-5-7-9-13/h12-13H,4-10H2,1-3H3. The average molecular weight is 251 g/mol. The molecule has 2 N–H and O–H groups in total. The highest BCUT2D eigenvalue weighted by Gasteiger charge is 2.29. The monoisotopic (exact) mass is 251 g/mol. The van der Waals surface area contributed by atoms with Crippen molar-refractivity contribution < 1.29 is 13.5 Å². The Hall–Kier alpha value is -0.130. The fraction of sp³-hybridized carbons (Fsp3) is 1.00. The number of rotatable bonds is 9. The summed E-state index contributed by atoms with van der Waals surface area (Å²) >= 11 is 0. The third-order valence-electron chi connectivity index (χ3n) is 2.82. The van der Waals surface area contributed by atoms with E-state index in [-0.39, 0.29) is 6.61 Å². The highest BCUT2D eigenvalue weighted by atomic mass is 32.2. The minimum absolute atomic E-state index is 0.258. The van der Waals surface area contributed by atoms with Gasteiger partial charge in [0.05, 0.1) is 4.75 Å². The predicted molar refractivity (Wildman–Crippen MR) is 67.3 cm³/mol. The maximum absolute atomic E-state index is 11.4. The molecular weight excluding hydrogens is 226 g/mol. The van der Waals surface area contributed by atoms with Gasteiger partial charge in [0.25, 0.3) is 0 Å². The Balaban J connectivity index is 3.59. The molecule has 5 heteroatoms. The van der Waals surface area contributed by atoms with Crippen molar-refractivity contribution in [3.8, 4) is 0 Å². The van der Waals surface area contributed by atoms with Crippen molar-refractivity contribution in [2.45, 2.75) is 44.3 Å². The van der Waals surface area contributed by atoms with E-state index >= 15 is 0 Å². The predicted octanol–water partition coefficient (Wildman–Crippen LogP) is 0.952. The van der Waals surface area contributed by atoms with Gasteiger partial charge < -0.3 is 10.4 Å². The zero-order chi connectivity index (χ0) is 12.7. The van der Waals surface area contributed by atoms with Crippen molar-refractivity contribution in [2.24, 2.45) is 0 Å². The molecule has 0 aliphatic heterocycles. The maximum Gasteiger partial charge on any atom is 0.153 e. The number of sulfone groups is 1. The van der Waals surface area contributed by atoms with Gasteiger partial charge in [-0.2, -0.15) is 0 Å². The molecule has 16 heavy (non-hydrogen) atoms. The van der Waals surface area contributed by atoms with E-state index in [4.69, 9.17) is 5.11 Å². The number of hydrogen-bond acceptors (Lipinski definition) is 4. The minimum Gasteiger partial charge on any atom is -0.396 e. The molecule has 0 spiro atoms. The van der Waals surface area contributed by atoms with Gasteiger partial charge in [-0.3, -0.25) is 0 Å². The van der Waals surface area contributed by atoms with E-state index in [1.807, 2.05) is 0 Å². The lowest BCUT2D eigenvalue weighted by atomic mass is 10.2. The van der Waals surface area contributed by atoms with Crippen LogP contribution in [0.4, 0.5) is 0 Å². The molecule has 0 aliphatic rings. The Labute approximate surface area is 99.4 Å². The molecule has 0 bridgehead atoms. The lowest BCUT2D eigenvalue weighted by Crippen LogP contribution is -2.41. The molecule has 0 aliphatic carbocycles. The van der Waals surface area contributed by atoms with Crippen molar-refractivity contribution in [3.63, 3.8) is 0 Å². The number of hydrogen-bond donors (Lipinski definition) is 2. The van der Waals surface area contributed by atoms with Crippen LogP contribution in [0.3, 0.4) is 0 Å². The van der Waals surface area contributed by atoms with Crippen LogP contribution in [0.15, 0.2) is 0 Å². The molecule has 4 nitrogen and oxygen atoms in total. The first kappa shape index (κ1) is 15.9. The first-order chi connectivity index (χ1) is 7.31. The first-order valence-electron chi connectivity index (χ1n) is 5.82. The number of nitrogens with one attached hydrogen (secondary N) is 1. The van der Waals surface area contributed by atoms with Gasteiger partial charge in [0.2, 0.25) is 0 Å². The van der Waals surface area contributed by atoms with E-state index in [0.29, 0.717) is 6.54 Å². The van der Waals surface area contributed by atoms with Gasteiger partial charge >= 0.3 is 0 Å². The Morgan fingerprint density at radius 1 is 1.12 bits per heavy atom. The molecule has 0 atom stereocenters. The van der Waals surface area contributed by atoms with Crippen LogP contribution in [0.1, 0.15) is 39.5 Å². The first-order valence-corrected chi connectivity index (χ1v) is 7.71. The summed E-state index contributed by atoms with van der Waals surface area (Å²) in [6, 6.07) is 0. The normalized spacial score (nSPS) is 13.0. The fourth-order valence-corrected chi connectivity index (χ4v) is 1.60. The smallest absolute Gasteiger partial charge is 0.153 e. The van der Waals surface area contributed by atoms with Crippen molar-refractivity contribution in [1.29, 1.82) is 0 Å². The van der Waals surface area contributed by atoms with E-state index in [9.17, 15) is 8.42 Å². The summed E-state index contributed by atoms with van der Waals surface area (Å²) in [4.78, 5) is 0. The third-order valence-corrected chi connectivity index (χ3v) is 4.97. The van der Waals surface area contributed by atoms with Crippen LogP contribution in [-0.2, 0) is 9.84 Å². The second-order valence-electron chi connectivity index (χ2n) is 4.85. The van der Waals surface area contributed by atoms with Gasteiger partial charge in [-0.25, -0.2) is 8.42 Å². The van der Waals surface area contributed by atoms with Gasteiger partial charge in [0, 0.05) is 19.4 Å². The quantitative estimate of drug-likeness (QED) is 0.599. The Morgan fingerprint density at radius 2 is 1.69 bits per heavy atom. The third kappa shape index (κ3) is 6.45. The summed E-state index contributed by atoms with van der Waals surface area (Å²) in [5, 5.41) is 11.8. The van der Waals surface area contributed by atoms with Crippen LogP contribution < -0.4 is 5.32 Å². The highest BCUT2D eigenvalue weighted by Crippen LogP contribution is 2.13. The SMILES string of the molecule is CC(C)(CNCCCCCCO)S(C)(=O)=O. The Morgan fingerprint density at radius 3 is 2.19 bits per heavy atom. The zero-order valence-corrected chi connectivity index (χ0v) is 11.4. The van der Waals surface area contributed by atoms with E-state index in [1.54, 1.807) is 13.8 Å². The van der Waals surface area contributed by atoms with E-state index in [2.05, 4.69) is 5.32 Å². The molecule has 0 fully saturated rings.